The van der Waals surface area contributed by atoms with Crippen LogP contribution >= 0.6 is 11.3 Å². The van der Waals surface area contributed by atoms with Gasteiger partial charge in [-0.15, -0.1) is 11.3 Å². The van der Waals surface area contributed by atoms with Gasteiger partial charge < -0.3 is 4.90 Å². The molecule has 0 aromatic carbocycles. The zero-order chi connectivity index (χ0) is 16.8. The first kappa shape index (κ1) is 16.1. The van der Waals surface area contributed by atoms with Crippen LogP contribution < -0.4 is 5.32 Å². The molecule has 0 fully saturated rings. The van der Waals surface area contributed by atoms with Gasteiger partial charge in [0, 0.05) is 30.1 Å². The van der Waals surface area contributed by atoms with E-state index in [1.165, 1.54) is 4.88 Å². The number of aryl methyl sites for hydroxylation is 1. The highest BCUT2D eigenvalue weighted by molar-refractivity contribution is 7.15. The molecule has 2 aromatic heterocycles. The SMILES string of the molecule is Cc1cc(C(=O)Nc2nc3c(s2)CN(C)CC3)nn1C(C)(C)C. The molecule has 0 atom stereocenters. The molecule has 3 heterocycles. The third-order valence-corrected chi connectivity index (χ3v) is 4.90. The number of thiazole rings is 1. The number of carbonyl (C=O) groups is 1. The van der Waals surface area contributed by atoms with Crippen molar-refractivity contribution in [2.75, 3.05) is 18.9 Å². The van der Waals surface area contributed by atoms with E-state index in [4.69, 9.17) is 0 Å². The van der Waals surface area contributed by atoms with E-state index in [2.05, 4.69) is 48.1 Å². The summed E-state index contributed by atoms with van der Waals surface area (Å²) in [6.07, 6.45) is 0.940. The molecule has 0 saturated carbocycles. The number of likely N-dealkylation sites (N-methyl/N-ethyl adjacent to an activating group) is 1. The van der Waals surface area contributed by atoms with Crippen molar-refractivity contribution in [3.05, 3.63) is 28.0 Å². The van der Waals surface area contributed by atoms with Crippen molar-refractivity contribution in [2.24, 2.45) is 0 Å². The van der Waals surface area contributed by atoms with Crippen molar-refractivity contribution in [3.8, 4) is 0 Å². The van der Waals surface area contributed by atoms with Crippen LogP contribution in [0.5, 0.6) is 0 Å². The summed E-state index contributed by atoms with van der Waals surface area (Å²) in [5.41, 5.74) is 2.37. The van der Waals surface area contributed by atoms with Crippen molar-refractivity contribution < 1.29 is 4.79 Å². The largest absolute Gasteiger partial charge is 0.301 e. The quantitative estimate of drug-likeness (QED) is 0.918. The number of aromatic nitrogens is 3. The summed E-state index contributed by atoms with van der Waals surface area (Å²) in [4.78, 5) is 20.5. The summed E-state index contributed by atoms with van der Waals surface area (Å²) in [6.45, 7) is 10.1. The Labute approximate surface area is 140 Å². The monoisotopic (exact) mass is 333 g/mol. The van der Waals surface area contributed by atoms with Crippen molar-refractivity contribution in [1.82, 2.24) is 19.7 Å². The summed E-state index contributed by atoms with van der Waals surface area (Å²) in [5, 5.41) is 8.01. The highest BCUT2D eigenvalue weighted by Gasteiger charge is 2.22. The van der Waals surface area contributed by atoms with Gasteiger partial charge in [0.15, 0.2) is 10.8 Å². The van der Waals surface area contributed by atoms with Gasteiger partial charge in [-0.3, -0.25) is 14.8 Å². The summed E-state index contributed by atoms with van der Waals surface area (Å²) < 4.78 is 1.88. The first-order valence-corrected chi connectivity index (χ1v) is 8.61. The molecular formula is C16H23N5OS. The number of anilines is 1. The molecule has 124 valence electrons. The molecule has 0 spiro atoms. The molecule has 1 N–H and O–H groups in total. The van der Waals surface area contributed by atoms with Gasteiger partial charge in [-0.05, 0) is 40.8 Å². The van der Waals surface area contributed by atoms with Crippen LogP contribution in [0.4, 0.5) is 5.13 Å². The lowest BCUT2D eigenvalue weighted by atomic mass is 10.1. The van der Waals surface area contributed by atoms with Gasteiger partial charge in [-0.25, -0.2) is 4.98 Å². The van der Waals surface area contributed by atoms with E-state index in [0.29, 0.717) is 10.8 Å². The second-order valence-corrected chi connectivity index (χ2v) is 8.17. The van der Waals surface area contributed by atoms with Gasteiger partial charge >= 0.3 is 0 Å². The average Bonchev–Trinajstić information content (AvgIpc) is 3.00. The summed E-state index contributed by atoms with van der Waals surface area (Å²) in [6, 6.07) is 1.82. The normalized spacial score (nSPS) is 15.5. The summed E-state index contributed by atoms with van der Waals surface area (Å²) in [7, 11) is 2.10. The molecule has 0 unspecified atom stereocenters. The minimum atomic E-state index is -0.199. The minimum absolute atomic E-state index is 0.145. The average molecular weight is 333 g/mol. The number of hydrogen-bond acceptors (Lipinski definition) is 5. The molecule has 6 nitrogen and oxygen atoms in total. The van der Waals surface area contributed by atoms with Gasteiger partial charge in [0.25, 0.3) is 5.91 Å². The van der Waals surface area contributed by atoms with Crippen LogP contribution in [0.2, 0.25) is 0 Å². The molecule has 0 aliphatic carbocycles. The fraction of sp³-hybridized carbons (Fsp3) is 0.562. The number of rotatable bonds is 2. The number of nitrogens with zero attached hydrogens (tertiary/aromatic N) is 4. The van der Waals surface area contributed by atoms with Gasteiger partial charge in [0.2, 0.25) is 0 Å². The highest BCUT2D eigenvalue weighted by atomic mass is 32.1. The Morgan fingerprint density at radius 2 is 2.13 bits per heavy atom. The fourth-order valence-electron chi connectivity index (χ4n) is 2.80. The third kappa shape index (κ3) is 3.30. The van der Waals surface area contributed by atoms with Crippen molar-refractivity contribution in [1.29, 1.82) is 0 Å². The topological polar surface area (TPSA) is 63.1 Å². The van der Waals surface area contributed by atoms with E-state index in [9.17, 15) is 4.79 Å². The molecule has 2 aromatic rings. The van der Waals surface area contributed by atoms with E-state index >= 15 is 0 Å². The molecule has 1 aliphatic heterocycles. The predicted octanol–water partition coefficient (Wildman–Crippen LogP) is 2.64. The lowest BCUT2D eigenvalue weighted by Crippen LogP contribution is -2.25. The van der Waals surface area contributed by atoms with Crippen molar-refractivity contribution in [2.45, 2.75) is 46.2 Å². The van der Waals surface area contributed by atoms with Crippen molar-refractivity contribution in [3.63, 3.8) is 0 Å². The zero-order valence-electron chi connectivity index (χ0n) is 14.3. The molecule has 3 rings (SSSR count). The maximum atomic E-state index is 12.5. The molecule has 1 amide bonds. The zero-order valence-corrected chi connectivity index (χ0v) is 15.1. The highest BCUT2D eigenvalue weighted by Crippen LogP contribution is 2.28. The standard InChI is InChI=1S/C16H23N5OS/c1-10-8-12(19-21(10)16(2,3)4)14(22)18-15-17-11-6-7-20(5)9-13(11)23-15/h8H,6-7,9H2,1-5H3,(H,17,18,22). The number of carbonyl (C=O) groups excluding carboxylic acids is 1. The number of hydrogen-bond donors (Lipinski definition) is 1. The van der Waals surface area contributed by atoms with Gasteiger partial charge in [0.05, 0.1) is 11.2 Å². The van der Waals surface area contributed by atoms with E-state index < -0.39 is 0 Å². The lowest BCUT2D eigenvalue weighted by Gasteiger charge is -2.21. The Morgan fingerprint density at radius 1 is 1.39 bits per heavy atom. The molecule has 7 heteroatoms. The van der Waals surface area contributed by atoms with E-state index in [0.717, 1.165) is 30.9 Å². The summed E-state index contributed by atoms with van der Waals surface area (Å²) >= 11 is 1.56. The number of nitrogens with one attached hydrogen (secondary N) is 1. The smallest absolute Gasteiger partial charge is 0.277 e. The number of fused-ring (bicyclic) bond motifs is 1. The Kier molecular flexibility index (Phi) is 4.01. The summed E-state index contributed by atoms with van der Waals surface area (Å²) in [5.74, 6) is -0.199. The predicted molar refractivity (Wildman–Crippen MR) is 92.1 cm³/mol. The van der Waals surface area contributed by atoms with E-state index in [1.54, 1.807) is 11.3 Å². The molecule has 23 heavy (non-hydrogen) atoms. The Balaban J connectivity index is 1.78. The molecule has 1 aliphatic rings. The molecule has 0 saturated heterocycles. The Morgan fingerprint density at radius 3 is 2.78 bits per heavy atom. The van der Waals surface area contributed by atoms with Crippen molar-refractivity contribution >= 4 is 22.4 Å². The second kappa shape index (κ2) is 5.72. The van der Waals surface area contributed by atoms with E-state index in [-0.39, 0.29) is 11.4 Å². The van der Waals surface area contributed by atoms with Gasteiger partial charge in [0.1, 0.15) is 0 Å². The van der Waals surface area contributed by atoms with Crippen LogP contribution in [-0.4, -0.2) is 39.2 Å². The Hall–Kier alpha value is -1.73. The Bertz CT molecular complexity index is 740. The lowest BCUT2D eigenvalue weighted by molar-refractivity contribution is 0.102. The maximum absolute atomic E-state index is 12.5. The van der Waals surface area contributed by atoms with Crippen LogP contribution in [0.1, 0.15) is 47.5 Å². The van der Waals surface area contributed by atoms with Gasteiger partial charge in [-0.2, -0.15) is 5.10 Å². The first-order valence-electron chi connectivity index (χ1n) is 7.79. The third-order valence-electron chi connectivity index (χ3n) is 3.90. The maximum Gasteiger partial charge on any atom is 0.277 e. The van der Waals surface area contributed by atoms with E-state index in [1.807, 2.05) is 17.7 Å². The van der Waals surface area contributed by atoms with Gasteiger partial charge in [-0.1, -0.05) is 0 Å². The minimum Gasteiger partial charge on any atom is -0.301 e. The fourth-order valence-corrected chi connectivity index (χ4v) is 3.89. The molecule has 0 bridgehead atoms. The van der Waals surface area contributed by atoms with Crippen LogP contribution in [0.25, 0.3) is 0 Å². The van der Waals surface area contributed by atoms with Crippen LogP contribution in [0, 0.1) is 6.92 Å². The molecular weight excluding hydrogens is 310 g/mol. The first-order chi connectivity index (χ1) is 10.7. The van der Waals surface area contributed by atoms with Crippen LogP contribution in [-0.2, 0) is 18.5 Å². The number of amides is 1. The molecule has 0 radical (unpaired) electrons. The van der Waals surface area contributed by atoms with Crippen LogP contribution in [0.3, 0.4) is 0 Å². The van der Waals surface area contributed by atoms with Crippen LogP contribution in [0.15, 0.2) is 6.07 Å². The second-order valence-electron chi connectivity index (χ2n) is 7.08.